The van der Waals surface area contributed by atoms with Gasteiger partial charge in [0.2, 0.25) is 5.91 Å². The van der Waals surface area contributed by atoms with E-state index < -0.39 is 29.4 Å². The number of imide groups is 1. The van der Waals surface area contributed by atoms with Crippen molar-refractivity contribution in [2.45, 2.75) is 13.8 Å². The number of hydrogen-bond donors (Lipinski definition) is 1. The van der Waals surface area contributed by atoms with Crippen LogP contribution in [-0.2, 0) is 9.59 Å². The van der Waals surface area contributed by atoms with Gasteiger partial charge in [-0.25, -0.2) is 4.39 Å². The van der Waals surface area contributed by atoms with E-state index in [0.29, 0.717) is 29.5 Å². The van der Waals surface area contributed by atoms with Crippen LogP contribution >= 0.6 is 11.8 Å². The third kappa shape index (κ3) is 5.48. The summed E-state index contributed by atoms with van der Waals surface area (Å²) in [4.78, 5) is 38.3. The molecule has 1 aliphatic rings. The molecule has 0 saturated carbocycles. The number of para-hydroxylation sites is 1. The predicted molar refractivity (Wildman–Crippen MR) is 114 cm³/mol. The van der Waals surface area contributed by atoms with E-state index in [9.17, 15) is 18.8 Å². The molecule has 0 radical (unpaired) electrons. The van der Waals surface area contributed by atoms with E-state index in [0.717, 1.165) is 16.7 Å². The summed E-state index contributed by atoms with van der Waals surface area (Å²) in [7, 11) is 0. The first-order valence-electron chi connectivity index (χ1n) is 9.36. The number of anilines is 1. The normalized spacial score (nSPS) is 15.2. The minimum Gasteiger partial charge on any atom is -0.493 e. The molecule has 0 unspecified atom stereocenters. The maximum atomic E-state index is 13.0. The molecule has 30 heavy (non-hydrogen) atoms. The summed E-state index contributed by atoms with van der Waals surface area (Å²) in [6.07, 6.45) is 1.60. The number of thioether (sulfide) groups is 1. The molecule has 1 fully saturated rings. The number of halogens is 1. The Morgan fingerprint density at radius 1 is 1.17 bits per heavy atom. The van der Waals surface area contributed by atoms with Crippen molar-refractivity contribution < 1.29 is 23.5 Å². The second-order valence-corrected chi connectivity index (χ2v) is 8.06. The molecule has 2 aromatic rings. The van der Waals surface area contributed by atoms with Crippen LogP contribution in [0.2, 0.25) is 0 Å². The average Bonchev–Trinajstić information content (AvgIpc) is 2.96. The molecule has 0 aliphatic carbocycles. The van der Waals surface area contributed by atoms with Crippen molar-refractivity contribution in [2.75, 3.05) is 18.5 Å². The van der Waals surface area contributed by atoms with Crippen LogP contribution in [0.15, 0.2) is 53.4 Å². The quantitative estimate of drug-likeness (QED) is 0.656. The zero-order valence-corrected chi connectivity index (χ0v) is 17.4. The van der Waals surface area contributed by atoms with Crippen molar-refractivity contribution in [2.24, 2.45) is 5.92 Å². The predicted octanol–water partition coefficient (Wildman–Crippen LogP) is 4.54. The zero-order chi connectivity index (χ0) is 21.7. The highest BCUT2D eigenvalue weighted by atomic mass is 32.2. The molecule has 0 bridgehead atoms. The van der Waals surface area contributed by atoms with Crippen LogP contribution in [0.25, 0.3) is 6.08 Å². The first-order chi connectivity index (χ1) is 14.3. The van der Waals surface area contributed by atoms with Gasteiger partial charge in [-0.2, -0.15) is 0 Å². The van der Waals surface area contributed by atoms with Crippen molar-refractivity contribution in [1.29, 1.82) is 0 Å². The molecule has 1 saturated heterocycles. The van der Waals surface area contributed by atoms with Gasteiger partial charge in [0.05, 0.1) is 11.5 Å². The van der Waals surface area contributed by atoms with Gasteiger partial charge in [-0.15, -0.1) is 0 Å². The van der Waals surface area contributed by atoms with E-state index in [1.54, 1.807) is 18.2 Å². The number of benzene rings is 2. The zero-order valence-electron chi connectivity index (χ0n) is 16.6. The Hall–Kier alpha value is -3.13. The standard InChI is InChI=1S/C22H21FN2O4S/c1-14(2)13-29-18-6-4-3-5-15(18)11-19-21(27)25(22(28)30-19)12-20(26)24-17-9-7-16(23)8-10-17/h3-11,14H,12-13H2,1-2H3,(H,24,26)/b19-11+. The van der Waals surface area contributed by atoms with Gasteiger partial charge >= 0.3 is 0 Å². The Kier molecular flexibility index (Phi) is 6.89. The van der Waals surface area contributed by atoms with Gasteiger partial charge < -0.3 is 10.1 Å². The van der Waals surface area contributed by atoms with Crippen molar-refractivity contribution in [3.8, 4) is 5.75 Å². The molecule has 1 aliphatic heterocycles. The number of carbonyl (C=O) groups excluding carboxylic acids is 3. The topological polar surface area (TPSA) is 75.7 Å². The summed E-state index contributed by atoms with van der Waals surface area (Å²) in [5, 5.41) is 2.01. The summed E-state index contributed by atoms with van der Waals surface area (Å²) < 4.78 is 18.7. The lowest BCUT2D eigenvalue weighted by molar-refractivity contribution is -0.127. The monoisotopic (exact) mass is 428 g/mol. The molecular formula is C22H21FN2O4S. The second kappa shape index (κ2) is 9.58. The Labute approximate surface area is 178 Å². The van der Waals surface area contributed by atoms with Crippen LogP contribution in [0.3, 0.4) is 0 Å². The molecule has 0 spiro atoms. The fourth-order valence-electron chi connectivity index (χ4n) is 2.64. The van der Waals surface area contributed by atoms with E-state index in [-0.39, 0.29) is 4.91 Å². The van der Waals surface area contributed by atoms with Gasteiger partial charge in [0, 0.05) is 11.3 Å². The van der Waals surface area contributed by atoms with E-state index in [1.165, 1.54) is 24.3 Å². The van der Waals surface area contributed by atoms with Crippen molar-refractivity contribution in [3.63, 3.8) is 0 Å². The van der Waals surface area contributed by atoms with Gasteiger partial charge in [0.25, 0.3) is 11.1 Å². The third-order valence-corrected chi connectivity index (χ3v) is 4.99. The first-order valence-corrected chi connectivity index (χ1v) is 10.2. The number of hydrogen-bond acceptors (Lipinski definition) is 5. The molecule has 3 amide bonds. The minimum absolute atomic E-state index is 0.218. The Bertz CT molecular complexity index is 989. The van der Waals surface area contributed by atoms with Crippen LogP contribution in [0.5, 0.6) is 5.75 Å². The van der Waals surface area contributed by atoms with E-state index in [4.69, 9.17) is 4.74 Å². The van der Waals surface area contributed by atoms with Crippen LogP contribution in [-0.4, -0.2) is 35.1 Å². The molecule has 3 rings (SSSR count). The SMILES string of the molecule is CC(C)COc1ccccc1/C=C1/SC(=O)N(CC(=O)Nc2ccc(F)cc2)C1=O. The molecule has 8 heteroatoms. The van der Waals surface area contributed by atoms with Crippen LogP contribution < -0.4 is 10.1 Å². The number of nitrogens with one attached hydrogen (secondary N) is 1. The highest BCUT2D eigenvalue weighted by molar-refractivity contribution is 8.18. The number of amides is 3. The number of ether oxygens (including phenoxy) is 1. The summed E-state index contributed by atoms with van der Waals surface area (Å²) in [5.41, 5.74) is 1.06. The first kappa shape index (κ1) is 21.6. The summed E-state index contributed by atoms with van der Waals surface area (Å²) >= 11 is 0.773. The Morgan fingerprint density at radius 3 is 2.57 bits per heavy atom. The Morgan fingerprint density at radius 2 is 1.87 bits per heavy atom. The maximum Gasteiger partial charge on any atom is 0.294 e. The Balaban J connectivity index is 1.70. The van der Waals surface area contributed by atoms with Crippen molar-refractivity contribution >= 4 is 40.6 Å². The molecule has 2 aromatic carbocycles. The summed E-state index contributed by atoms with van der Waals surface area (Å²) in [6, 6.07) is 12.4. The third-order valence-electron chi connectivity index (χ3n) is 4.08. The van der Waals surface area contributed by atoms with Crippen LogP contribution in [0, 0.1) is 11.7 Å². The molecule has 6 nitrogen and oxygen atoms in total. The largest absolute Gasteiger partial charge is 0.493 e. The van der Waals surface area contributed by atoms with E-state index in [2.05, 4.69) is 5.32 Å². The number of rotatable bonds is 7. The second-order valence-electron chi connectivity index (χ2n) is 7.07. The lowest BCUT2D eigenvalue weighted by Gasteiger charge is -2.13. The minimum atomic E-state index is -0.550. The van der Waals surface area contributed by atoms with Crippen LogP contribution in [0.4, 0.5) is 14.9 Å². The smallest absolute Gasteiger partial charge is 0.294 e. The van der Waals surface area contributed by atoms with E-state index >= 15 is 0 Å². The number of nitrogens with zero attached hydrogens (tertiary/aromatic N) is 1. The molecule has 0 atom stereocenters. The van der Waals surface area contributed by atoms with Gasteiger partial charge in [-0.3, -0.25) is 19.3 Å². The maximum absolute atomic E-state index is 13.0. The van der Waals surface area contributed by atoms with Gasteiger partial charge in [-0.05, 0) is 54.1 Å². The molecule has 0 aromatic heterocycles. The fourth-order valence-corrected chi connectivity index (χ4v) is 3.47. The molecule has 156 valence electrons. The van der Waals surface area contributed by atoms with Gasteiger partial charge in [0.15, 0.2) is 0 Å². The lowest BCUT2D eigenvalue weighted by atomic mass is 10.1. The van der Waals surface area contributed by atoms with Crippen molar-refractivity contribution in [3.05, 3.63) is 64.8 Å². The molecule has 1 N–H and O–H groups in total. The number of carbonyl (C=O) groups is 3. The highest BCUT2D eigenvalue weighted by Gasteiger charge is 2.36. The van der Waals surface area contributed by atoms with Gasteiger partial charge in [-0.1, -0.05) is 32.0 Å². The van der Waals surface area contributed by atoms with Crippen molar-refractivity contribution in [1.82, 2.24) is 4.90 Å². The lowest BCUT2D eigenvalue weighted by Crippen LogP contribution is -2.36. The highest BCUT2D eigenvalue weighted by Crippen LogP contribution is 2.34. The summed E-state index contributed by atoms with van der Waals surface area (Å²) in [5.74, 6) is -0.567. The van der Waals surface area contributed by atoms with E-state index in [1.807, 2.05) is 26.0 Å². The van der Waals surface area contributed by atoms with Gasteiger partial charge in [0.1, 0.15) is 18.1 Å². The van der Waals surface area contributed by atoms with Crippen LogP contribution in [0.1, 0.15) is 19.4 Å². The summed E-state index contributed by atoms with van der Waals surface area (Å²) in [6.45, 7) is 4.16. The average molecular weight is 428 g/mol. The fraction of sp³-hybridized carbons (Fsp3) is 0.227. The molecule has 1 heterocycles. The molecular weight excluding hydrogens is 407 g/mol.